The lowest BCUT2D eigenvalue weighted by Gasteiger charge is -2.31. The second-order valence-electron chi connectivity index (χ2n) is 6.22. The van der Waals surface area contributed by atoms with Gasteiger partial charge in [0.2, 0.25) is 10.0 Å². The third-order valence-electron chi connectivity index (χ3n) is 4.47. The van der Waals surface area contributed by atoms with E-state index >= 15 is 0 Å². The Labute approximate surface area is 142 Å². The van der Waals surface area contributed by atoms with Gasteiger partial charge in [0.05, 0.1) is 17.6 Å². The Morgan fingerprint density at radius 1 is 1.25 bits per heavy atom. The SMILES string of the molecule is CCn1nccc1-c1nccnc1C[C@@H]1CCCN(S(C)(=O)=O)C1. The molecule has 1 aliphatic heterocycles. The van der Waals surface area contributed by atoms with Gasteiger partial charge in [-0.2, -0.15) is 5.10 Å². The average molecular weight is 349 g/mol. The van der Waals surface area contributed by atoms with Gasteiger partial charge in [0.25, 0.3) is 0 Å². The van der Waals surface area contributed by atoms with Gasteiger partial charge in [-0.3, -0.25) is 14.6 Å². The number of aryl methyl sites for hydroxylation is 1. The van der Waals surface area contributed by atoms with Crippen LogP contribution in [0.4, 0.5) is 0 Å². The van der Waals surface area contributed by atoms with Crippen molar-refractivity contribution in [3.8, 4) is 11.4 Å². The maximum Gasteiger partial charge on any atom is 0.211 e. The Kier molecular flexibility index (Phi) is 4.96. The van der Waals surface area contributed by atoms with Crippen LogP contribution in [0.3, 0.4) is 0 Å². The van der Waals surface area contributed by atoms with Crippen molar-refractivity contribution in [3.63, 3.8) is 0 Å². The molecule has 2 aromatic heterocycles. The molecule has 3 rings (SSSR count). The zero-order chi connectivity index (χ0) is 17.2. The fourth-order valence-electron chi connectivity index (χ4n) is 3.28. The lowest BCUT2D eigenvalue weighted by atomic mass is 9.93. The standard InChI is InChI=1S/C16H23N5O2S/c1-3-21-15(6-7-19-21)16-14(17-8-9-18-16)11-13-5-4-10-20(12-13)24(2,22)23/h6-9,13H,3-5,10-12H2,1-2H3/t13-/m0/s1. The highest BCUT2D eigenvalue weighted by molar-refractivity contribution is 7.88. The second-order valence-corrected chi connectivity index (χ2v) is 8.20. The van der Waals surface area contributed by atoms with E-state index in [0.717, 1.165) is 42.9 Å². The number of nitrogens with zero attached hydrogens (tertiary/aromatic N) is 5. The van der Waals surface area contributed by atoms with Gasteiger partial charge < -0.3 is 0 Å². The molecule has 0 spiro atoms. The third-order valence-corrected chi connectivity index (χ3v) is 5.74. The lowest BCUT2D eigenvalue weighted by molar-refractivity contribution is 0.265. The maximum absolute atomic E-state index is 11.8. The summed E-state index contributed by atoms with van der Waals surface area (Å²) >= 11 is 0. The molecular formula is C16H23N5O2S. The average Bonchev–Trinajstić information content (AvgIpc) is 3.03. The van der Waals surface area contributed by atoms with E-state index < -0.39 is 10.0 Å². The van der Waals surface area contributed by atoms with Crippen LogP contribution in [0.2, 0.25) is 0 Å². The van der Waals surface area contributed by atoms with Gasteiger partial charge >= 0.3 is 0 Å². The molecule has 0 aliphatic carbocycles. The van der Waals surface area contributed by atoms with Crippen molar-refractivity contribution < 1.29 is 8.42 Å². The molecule has 24 heavy (non-hydrogen) atoms. The quantitative estimate of drug-likeness (QED) is 0.818. The number of aromatic nitrogens is 4. The first kappa shape index (κ1) is 17.0. The molecule has 0 radical (unpaired) electrons. The van der Waals surface area contributed by atoms with Crippen molar-refractivity contribution >= 4 is 10.0 Å². The Balaban J connectivity index is 1.84. The Morgan fingerprint density at radius 3 is 2.79 bits per heavy atom. The topological polar surface area (TPSA) is 81.0 Å². The number of sulfonamides is 1. The van der Waals surface area contributed by atoms with Crippen molar-refractivity contribution in [1.29, 1.82) is 0 Å². The van der Waals surface area contributed by atoms with Gasteiger partial charge in [-0.05, 0) is 38.2 Å². The van der Waals surface area contributed by atoms with Crippen LogP contribution in [0.5, 0.6) is 0 Å². The van der Waals surface area contributed by atoms with Crippen molar-refractivity contribution in [2.45, 2.75) is 32.7 Å². The molecule has 1 saturated heterocycles. The maximum atomic E-state index is 11.8. The molecule has 0 amide bonds. The van der Waals surface area contributed by atoms with Crippen molar-refractivity contribution in [2.75, 3.05) is 19.3 Å². The van der Waals surface area contributed by atoms with Crippen LogP contribution in [0.25, 0.3) is 11.4 Å². The lowest BCUT2D eigenvalue weighted by Crippen LogP contribution is -2.40. The molecular weight excluding hydrogens is 326 g/mol. The predicted octanol–water partition coefficient (Wildman–Crippen LogP) is 1.57. The van der Waals surface area contributed by atoms with E-state index in [2.05, 4.69) is 15.1 Å². The summed E-state index contributed by atoms with van der Waals surface area (Å²) in [4.78, 5) is 9.03. The molecule has 130 valence electrons. The van der Waals surface area contributed by atoms with Crippen LogP contribution in [-0.2, 0) is 23.0 Å². The van der Waals surface area contributed by atoms with Gasteiger partial charge in [-0.15, -0.1) is 0 Å². The van der Waals surface area contributed by atoms with Crippen LogP contribution < -0.4 is 0 Å². The summed E-state index contributed by atoms with van der Waals surface area (Å²) in [5, 5.41) is 4.30. The molecule has 1 aliphatic rings. The molecule has 0 saturated carbocycles. The fraction of sp³-hybridized carbons (Fsp3) is 0.562. The molecule has 2 aromatic rings. The van der Waals surface area contributed by atoms with Gasteiger partial charge in [-0.25, -0.2) is 12.7 Å². The van der Waals surface area contributed by atoms with Crippen LogP contribution >= 0.6 is 0 Å². The number of piperidine rings is 1. The Morgan fingerprint density at radius 2 is 2.04 bits per heavy atom. The highest BCUT2D eigenvalue weighted by Gasteiger charge is 2.27. The molecule has 3 heterocycles. The summed E-state index contributed by atoms with van der Waals surface area (Å²) in [5.41, 5.74) is 2.71. The first-order valence-electron chi connectivity index (χ1n) is 8.26. The molecule has 1 atom stereocenters. The number of hydrogen-bond acceptors (Lipinski definition) is 5. The summed E-state index contributed by atoms with van der Waals surface area (Å²) in [5.74, 6) is 0.266. The van der Waals surface area contributed by atoms with Gasteiger partial charge in [0.1, 0.15) is 5.69 Å². The van der Waals surface area contributed by atoms with E-state index in [9.17, 15) is 8.42 Å². The summed E-state index contributed by atoms with van der Waals surface area (Å²) in [6, 6.07) is 1.95. The van der Waals surface area contributed by atoms with Crippen LogP contribution in [-0.4, -0.2) is 51.8 Å². The van der Waals surface area contributed by atoms with Gasteiger partial charge in [0, 0.05) is 38.2 Å². The van der Waals surface area contributed by atoms with Crippen molar-refractivity contribution in [1.82, 2.24) is 24.1 Å². The molecule has 8 heteroatoms. The minimum atomic E-state index is -3.13. The van der Waals surface area contributed by atoms with E-state index in [4.69, 9.17) is 0 Å². The third kappa shape index (κ3) is 3.64. The van der Waals surface area contributed by atoms with Gasteiger partial charge in [-0.1, -0.05) is 0 Å². The minimum Gasteiger partial charge on any atom is -0.264 e. The van der Waals surface area contributed by atoms with E-state index in [0.29, 0.717) is 13.1 Å². The van der Waals surface area contributed by atoms with Crippen molar-refractivity contribution in [2.24, 2.45) is 5.92 Å². The first-order chi connectivity index (χ1) is 11.5. The molecule has 0 N–H and O–H groups in total. The van der Waals surface area contributed by atoms with E-state index in [1.165, 1.54) is 6.26 Å². The summed E-state index contributed by atoms with van der Waals surface area (Å²) in [7, 11) is -3.13. The van der Waals surface area contributed by atoms with E-state index in [1.807, 2.05) is 17.7 Å². The molecule has 0 unspecified atom stereocenters. The van der Waals surface area contributed by atoms with Gasteiger partial charge in [0.15, 0.2) is 0 Å². The van der Waals surface area contributed by atoms with Crippen LogP contribution in [0, 0.1) is 5.92 Å². The predicted molar refractivity (Wildman–Crippen MR) is 91.8 cm³/mol. The zero-order valence-corrected chi connectivity index (χ0v) is 14.9. The monoisotopic (exact) mass is 349 g/mol. The first-order valence-corrected chi connectivity index (χ1v) is 10.1. The summed E-state index contributed by atoms with van der Waals surface area (Å²) in [6.07, 6.45) is 9.06. The normalized spacial score (nSPS) is 19.5. The molecule has 0 bridgehead atoms. The molecule has 7 nitrogen and oxygen atoms in total. The zero-order valence-electron chi connectivity index (χ0n) is 14.1. The molecule has 1 fully saturated rings. The Bertz CT molecular complexity index is 802. The highest BCUT2D eigenvalue weighted by Crippen LogP contribution is 2.26. The highest BCUT2D eigenvalue weighted by atomic mass is 32.2. The van der Waals surface area contributed by atoms with E-state index in [-0.39, 0.29) is 5.92 Å². The number of hydrogen-bond donors (Lipinski definition) is 0. The van der Waals surface area contributed by atoms with Crippen molar-refractivity contribution in [3.05, 3.63) is 30.4 Å². The van der Waals surface area contributed by atoms with E-state index in [1.54, 1.807) is 22.9 Å². The van der Waals surface area contributed by atoms with Crippen LogP contribution in [0.15, 0.2) is 24.7 Å². The number of rotatable bonds is 5. The minimum absolute atomic E-state index is 0.266. The summed E-state index contributed by atoms with van der Waals surface area (Å²) in [6.45, 7) is 3.98. The largest absolute Gasteiger partial charge is 0.264 e. The molecule has 0 aromatic carbocycles. The van der Waals surface area contributed by atoms with Crippen LogP contribution in [0.1, 0.15) is 25.5 Å². The summed E-state index contributed by atoms with van der Waals surface area (Å²) < 4.78 is 27.1. The smallest absolute Gasteiger partial charge is 0.211 e. The Hall–Kier alpha value is -1.80. The second kappa shape index (κ2) is 6.98. The fourth-order valence-corrected chi connectivity index (χ4v) is 4.23.